The average molecular weight is 272 g/mol. The van der Waals surface area contributed by atoms with Crippen molar-refractivity contribution in [2.24, 2.45) is 0 Å². The Morgan fingerprint density at radius 2 is 1.67 bits per heavy atom. The van der Waals surface area contributed by atoms with Crippen molar-refractivity contribution in [3.05, 3.63) is 71.9 Å². The highest BCUT2D eigenvalue weighted by Gasteiger charge is 2.19. The van der Waals surface area contributed by atoms with Gasteiger partial charge < -0.3 is 0 Å². The van der Waals surface area contributed by atoms with E-state index in [1.165, 1.54) is 23.1 Å². The fourth-order valence-corrected chi connectivity index (χ4v) is 3.05. The van der Waals surface area contributed by atoms with Crippen molar-refractivity contribution in [1.82, 2.24) is 9.97 Å². The van der Waals surface area contributed by atoms with Crippen LogP contribution in [0.25, 0.3) is 22.6 Å². The van der Waals surface area contributed by atoms with Crippen LogP contribution in [0.5, 0.6) is 0 Å². The quantitative estimate of drug-likeness (QED) is 0.695. The lowest BCUT2D eigenvalue weighted by Gasteiger charge is -2.11. The summed E-state index contributed by atoms with van der Waals surface area (Å²) in [6.07, 6.45) is 5.32. The first kappa shape index (κ1) is 12.3. The van der Waals surface area contributed by atoms with E-state index in [9.17, 15) is 0 Å². The highest BCUT2D eigenvalue weighted by Crippen LogP contribution is 2.33. The fourth-order valence-electron chi connectivity index (χ4n) is 3.05. The van der Waals surface area contributed by atoms with E-state index in [-0.39, 0.29) is 0 Å². The molecule has 0 bridgehead atoms. The molecule has 4 rings (SSSR count). The molecular formula is C19H16N2. The maximum Gasteiger partial charge on any atom is 0.0928 e. The number of fused-ring (bicyclic) bond motifs is 1. The van der Waals surface area contributed by atoms with Crippen molar-refractivity contribution in [3.63, 3.8) is 0 Å². The molecular weight excluding hydrogens is 256 g/mol. The fraction of sp³-hybridized carbons (Fsp3) is 0.158. The van der Waals surface area contributed by atoms with Crippen LogP contribution in [0.2, 0.25) is 0 Å². The molecule has 0 saturated heterocycles. The summed E-state index contributed by atoms with van der Waals surface area (Å²) in [4.78, 5) is 9.42. The van der Waals surface area contributed by atoms with Crippen molar-refractivity contribution in [2.75, 3.05) is 0 Å². The van der Waals surface area contributed by atoms with Crippen molar-refractivity contribution in [2.45, 2.75) is 19.3 Å². The maximum absolute atomic E-state index is 4.92. The van der Waals surface area contributed by atoms with Gasteiger partial charge in [-0.2, -0.15) is 0 Å². The van der Waals surface area contributed by atoms with Crippen LogP contribution in [0.4, 0.5) is 0 Å². The Hall–Kier alpha value is -2.48. The molecule has 0 spiro atoms. The summed E-state index contributed by atoms with van der Waals surface area (Å²) in [5.74, 6) is 0. The van der Waals surface area contributed by atoms with Gasteiger partial charge in [-0.05, 0) is 48.6 Å². The monoisotopic (exact) mass is 272 g/mol. The largest absolute Gasteiger partial charge is 0.255 e. The molecule has 0 unspecified atom stereocenters. The van der Waals surface area contributed by atoms with E-state index >= 15 is 0 Å². The number of aryl methyl sites for hydroxylation is 1. The van der Waals surface area contributed by atoms with E-state index in [2.05, 4.69) is 41.4 Å². The van der Waals surface area contributed by atoms with Gasteiger partial charge in [0.2, 0.25) is 0 Å². The number of benzene rings is 1. The van der Waals surface area contributed by atoms with Crippen LogP contribution in [0.1, 0.15) is 17.5 Å². The molecule has 21 heavy (non-hydrogen) atoms. The molecule has 102 valence electrons. The molecule has 0 aliphatic heterocycles. The van der Waals surface area contributed by atoms with Gasteiger partial charge in [-0.25, -0.2) is 4.98 Å². The topological polar surface area (TPSA) is 25.8 Å². The van der Waals surface area contributed by atoms with Crippen molar-refractivity contribution in [3.8, 4) is 22.6 Å². The second-order valence-electron chi connectivity index (χ2n) is 5.43. The molecule has 1 aliphatic carbocycles. The smallest absolute Gasteiger partial charge is 0.0928 e. The second-order valence-corrected chi connectivity index (χ2v) is 5.43. The number of pyridine rings is 2. The minimum atomic E-state index is 0.980. The zero-order valence-electron chi connectivity index (χ0n) is 11.8. The summed E-state index contributed by atoms with van der Waals surface area (Å²) < 4.78 is 0. The minimum absolute atomic E-state index is 0.980. The molecule has 2 heteroatoms. The van der Waals surface area contributed by atoms with Gasteiger partial charge in [0.05, 0.1) is 17.1 Å². The average Bonchev–Trinajstić information content (AvgIpc) is 3.04. The van der Waals surface area contributed by atoms with Gasteiger partial charge in [0.1, 0.15) is 0 Å². The lowest BCUT2D eigenvalue weighted by atomic mass is 10.0. The third-order valence-corrected chi connectivity index (χ3v) is 4.07. The van der Waals surface area contributed by atoms with Gasteiger partial charge in [-0.1, -0.05) is 36.4 Å². The minimum Gasteiger partial charge on any atom is -0.255 e. The molecule has 0 N–H and O–H groups in total. The summed E-state index contributed by atoms with van der Waals surface area (Å²) in [5, 5.41) is 0. The summed E-state index contributed by atoms with van der Waals surface area (Å²) in [7, 11) is 0. The predicted octanol–water partition coefficient (Wildman–Crippen LogP) is 4.30. The number of hydrogen-bond donors (Lipinski definition) is 0. The molecule has 0 fully saturated rings. The Kier molecular flexibility index (Phi) is 3.00. The molecule has 1 aromatic carbocycles. The van der Waals surface area contributed by atoms with Crippen LogP contribution in [-0.4, -0.2) is 9.97 Å². The number of hydrogen-bond acceptors (Lipinski definition) is 2. The van der Waals surface area contributed by atoms with Crippen LogP contribution >= 0.6 is 0 Å². The van der Waals surface area contributed by atoms with Gasteiger partial charge in [0, 0.05) is 11.8 Å². The lowest BCUT2D eigenvalue weighted by Crippen LogP contribution is -1.97. The molecule has 2 nitrogen and oxygen atoms in total. The summed E-state index contributed by atoms with van der Waals surface area (Å²) in [6.45, 7) is 0. The first-order valence-corrected chi connectivity index (χ1v) is 7.41. The van der Waals surface area contributed by atoms with Crippen LogP contribution in [0.3, 0.4) is 0 Å². The Balaban J connectivity index is 1.92. The molecule has 0 saturated carbocycles. The summed E-state index contributed by atoms with van der Waals surface area (Å²) in [6, 6.07) is 18.7. The number of nitrogens with zero attached hydrogens (tertiary/aromatic N) is 2. The van der Waals surface area contributed by atoms with E-state index in [1.54, 1.807) is 0 Å². The highest BCUT2D eigenvalue weighted by atomic mass is 14.8. The van der Waals surface area contributed by atoms with Crippen molar-refractivity contribution in [1.29, 1.82) is 0 Å². The predicted molar refractivity (Wildman–Crippen MR) is 84.9 cm³/mol. The first-order valence-electron chi connectivity index (χ1n) is 7.41. The maximum atomic E-state index is 4.92. The zero-order valence-corrected chi connectivity index (χ0v) is 11.8. The molecule has 0 amide bonds. The third-order valence-electron chi connectivity index (χ3n) is 4.07. The van der Waals surface area contributed by atoms with Gasteiger partial charge in [-0.15, -0.1) is 0 Å². The molecule has 2 aromatic heterocycles. The molecule has 1 aliphatic rings. The Morgan fingerprint density at radius 3 is 2.48 bits per heavy atom. The summed E-state index contributed by atoms with van der Waals surface area (Å²) >= 11 is 0. The SMILES string of the molecule is c1ccc(-c2cc3c(c(-c4ccccn4)n2)CCC3)cc1. The van der Waals surface area contributed by atoms with Crippen LogP contribution in [0.15, 0.2) is 60.8 Å². The number of rotatable bonds is 2. The number of aromatic nitrogens is 2. The van der Waals surface area contributed by atoms with E-state index in [0.717, 1.165) is 29.9 Å². The Labute approximate surface area is 124 Å². The van der Waals surface area contributed by atoms with Gasteiger partial charge in [0.15, 0.2) is 0 Å². The highest BCUT2D eigenvalue weighted by molar-refractivity contribution is 5.69. The van der Waals surface area contributed by atoms with Crippen LogP contribution in [-0.2, 0) is 12.8 Å². The first-order chi connectivity index (χ1) is 10.4. The van der Waals surface area contributed by atoms with Gasteiger partial charge in [0.25, 0.3) is 0 Å². The van der Waals surface area contributed by atoms with Crippen molar-refractivity contribution >= 4 is 0 Å². The van der Waals surface area contributed by atoms with Crippen LogP contribution < -0.4 is 0 Å². The summed E-state index contributed by atoms with van der Waals surface area (Å²) in [5.41, 5.74) is 7.08. The molecule has 0 atom stereocenters. The zero-order chi connectivity index (χ0) is 14.1. The molecule has 3 aromatic rings. The van der Waals surface area contributed by atoms with E-state index in [0.29, 0.717) is 0 Å². The van der Waals surface area contributed by atoms with Crippen LogP contribution in [0, 0.1) is 0 Å². The Bertz CT molecular complexity index is 764. The molecule has 0 radical (unpaired) electrons. The van der Waals surface area contributed by atoms with Crippen molar-refractivity contribution < 1.29 is 0 Å². The third kappa shape index (κ3) is 2.23. The second kappa shape index (κ2) is 5.13. The van der Waals surface area contributed by atoms with Gasteiger partial charge >= 0.3 is 0 Å². The lowest BCUT2D eigenvalue weighted by molar-refractivity contribution is 0.911. The van der Waals surface area contributed by atoms with E-state index in [4.69, 9.17) is 4.98 Å². The standard InChI is InChI=1S/C19H16N2/c1-2-7-14(8-3-1)18-13-15-9-6-10-16(15)19(21-18)17-11-4-5-12-20-17/h1-5,7-8,11-13H,6,9-10H2. The van der Waals surface area contributed by atoms with E-state index in [1.807, 2.05) is 24.4 Å². The van der Waals surface area contributed by atoms with E-state index < -0.39 is 0 Å². The van der Waals surface area contributed by atoms with Gasteiger partial charge in [-0.3, -0.25) is 4.98 Å². The molecule has 2 heterocycles. The Morgan fingerprint density at radius 1 is 0.810 bits per heavy atom. The normalized spacial score (nSPS) is 13.1.